The molecule has 0 unspecified atom stereocenters. The van der Waals surface area contributed by atoms with Crippen molar-refractivity contribution < 1.29 is 14.3 Å². The zero-order chi connectivity index (χ0) is 10.8. The summed E-state index contributed by atoms with van der Waals surface area (Å²) in [6, 6.07) is 3.52. The van der Waals surface area contributed by atoms with Gasteiger partial charge in [0.2, 0.25) is 5.89 Å². The normalized spacial score (nSPS) is 10.5. The topological polar surface area (TPSA) is 63.3 Å². The molecule has 15 heavy (non-hydrogen) atoms. The first kappa shape index (κ1) is 10.2. The van der Waals surface area contributed by atoms with Crippen molar-refractivity contribution in [1.29, 1.82) is 0 Å². The molecular formula is C9H6ClNO3S. The Hall–Kier alpha value is -1.33. The number of carbonyl (C=O) groups is 1. The van der Waals surface area contributed by atoms with Crippen molar-refractivity contribution in [2.75, 3.05) is 0 Å². The first-order valence-corrected chi connectivity index (χ1v) is 5.26. The van der Waals surface area contributed by atoms with E-state index in [1.807, 2.05) is 0 Å². The van der Waals surface area contributed by atoms with Crippen molar-refractivity contribution >= 4 is 28.9 Å². The van der Waals surface area contributed by atoms with Crippen LogP contribution in [0, 0.1) is 0 Å². The number of hydrogen-bond acceptors (Lipinski definition) is 4. The molecule has 0 fully saturated rings. The van der Waals surface area contributed by atoms with Crippen LogP contribution < -0.4 is 0 Å². The maximum absolute atomic E-state index is 10.4. The molecule has 2 aromatic heterocycles. The monoisotopic (exact) mass is 243 g/mol. The van der Waals surface area contributed by atoms with E-state index in [0.29, 0.717) is 15.9 Å². The van der Waals surface area contributed by atoms with E-state index >= 15 is 0 Å². The maximum atomic E-state index is 10.4. The molecule has 4 nitrogen and oxygen atoms in total. The maximum Gasteiger partial charge on any atom is 0.309 e. The molecule has 0 amide bonds. The van der Waals surface area contributed by atoms with Gasteiger partial charge in [0.05, 0.1) is 21.3 Å². The van der Waals surface area contributed by atoms with Crippen LogP contribution in [-0.2, 0) is 11.2 Å². The van der Waals surface area contributed by atoms with Crippen molar-refractivity contribution in [1.82, 2.24) is 4.98 Å². The summed E-state index contributed by atoms with van der Waals surface area (Å²) in [5.74, 6) is -0.526. The molecule has 2 rings (SSSR count). The number of carboxylic acids is 1. The summed E-state index contributed by atoms with van der Waals surface area (Å²) in [6.07, 6.45) is 1.21. The number of aliphatic carboxylic acids is 1. The fraction of sp³-hybridized carbons (Fsp3) is 0.111. The van der Waals surface area contributed by atoms with Crippen LogP contribution in [0.4, 0.5) is 0 Å². The molecule has 2 heterocycles. The van der Waals surface area contributed by atoms with Gasteiger partial charge in [-0.1, -0.05) is 11.6 Å². The highest BCUT2D eigenvalue weighted by atomic mass is 35.5. The van der Waals surface area contributed by atoms with E-state index < -0.39 is 5.97 Å². The highest BCUT2D eigenvalue weighted by Gasteiger charge is 2.10. The molecular weight excluding hydrogens is 238 g/mol. The van der Waals surface area contributed by atoms with Gasteiger partial charge in [-0.05, 0) is 12.1 Å². The van der Waals surface area contributed by atoms with E-state index in [-0.39, 0.29) is 6.42 Å². The second-order valence-corrected chi connectivity index (χ2v) is 4.53. The number of rotatable bonds is 3. The molecule has 78 valence electrons. The van der Waals surface area contributed by atoms with E-state index in [2.05, 4.69) is 4.98 Å². The molecule has 0 aromatic carbocycles. The Morgan fingerprint density at radius 1 is 1.60 bits per heavy atom. The van der Waals surface area contributed by atoms with Crippen LogP contribution in [-0.4, -0.2) is 16.1 Å². The fourth-order valence-corrected chi connectivity index (χ4v) is 2.06. The highest BCUT2D eigenvalue weighted by Crippen LogP contribution is 2.30. The lowest BCUT2D eigenvalue weighted by Crippen LogP contribution is -1.99. The van der Waals surface area contributed by atoms with Crippen molar-refractivity contribution in [3.63, 3.8) is 0 Å². The SMILES string of the molecule is O=C(O)Cc1coc(-c2ccc(Cl)s2)n1. The van der Waals surface area contributed by atoms with E-state index in [1.165, 1.54) is 17.6 Å². The molecule has 6 heteroatoms. The van der Waals surface area contributed by atoms with Gasteiger partial charge in [-0.2, -0.15) is 0 Å². The minimum absolute atomic E-state index is 0.136. The summed E-state index contributed by atoms with van der Waals surface area (Å²) in [7, 11) is 0. The molecule has 0 bridgehead atoms. The van der Waals surface area contributed by atoms with Crippen molar-refractivity contribution in [3.8, 4) is 10.8 Å². The number of nitrogens with zero attached hydrogens (tertiary/aromatic N) is 1. The van der Waals surface area contributed by atoms with Crippen LogP contribution in [0.25, 0.3) is 10.8 Å². The zero-order valence-corrected chi connectivity index (χ0v) is 9.01. The minimum Gasteiger partial charge on any atom is -0.481 e. The molecule has 0 radical (unpaired) electrons. The van der Waals surface area contributed by atoms with Gasteiger partial charge in [0.1, 0.15) is 6.26 Å². The van der Waals surface area contributed by atoms with E-state index in [4.69, 9.17) is 21.1 Å². The molecule has 0 saturated heterocycles. The molecule has 0 atom stereocenters. The van der Waals surface area contributed by atoms with E-state index in [0.717, 1.165) is 4.88 Å². The Balaban J connectivity index is 2.23. The summed E-state index contributed by atoms with van der Waals surface area (Å²) in [5.41, 5.74) is 0.405. The van der Waals surface area contributed by atoms with Gasteiger partial charge in [0.25, 0.3) is 0 Å². The van der Waals surface area contributed by atoms with E-state index in [9.17, 15) is 4.79 Å². The van der Waals surface area contributed by atoms with Gasteiger partial charge in [-0.3, -0.25) is 4.79 Å². The Morgan fingerprint density at radius 2 is 2.40 bits per heavy atom. The van der Waals surface area contributed by atoms with Crippen LogP contribution in [0.15, 0.2) is 22.8 Å². The van der Waals surface area contributed by atoms with Gasteiger partial charge in [-0.25, -0.2) is 4.98 Å². The summed E-state index contributed by atoms with van der Waals surface area (Å²) in [4.78, 5) is 15.2. The van der Waals surface area contributed by atoms with Crippen molar-refractivity contribution in [2.45, 2.75) is 6.42 Å². The summed E-state index contributed by atoms with van der Waals surface area (Å²) in [6.45, 7) is 0. The van der Waals surface area contributed by atoms with Crippen LogP contribution in [0.3, 0.4) is 0 Å². The van der Waals surface area contributed by atoms with Crippen LogP contribution in [0.5, 0.6) is 0 Å². The molecule has 2 aromatic rings. The van der Waals surface area contributed by atoms with Gasteiger partial charge >= 0.3 is 5.97 Å². The standard InChI is InChI=1S/C9H6ClNO3S/c10-7-2-1-6(15-7)9-11-5(4-14-9)3-8(12)13/h1-2,4H,3H2,(H,12,13). The third-order valence-electron chi connectivity index (χ3n) is 1.67. The minimum atomic E-state index is -0.931. The molecule has 0 saturated carbocycles. The third kappa shape index (κ3) is 2.37. The molecule has 0 aliphatic heterocycles. The van der Waals surface area contributed by atoms with E-state index in [1.54, 1.807) is 12.1 Å². The summed E-state index contributed by atoms with van der Waals surface area (Å²) < 4.78 is 5.78. The summed E-state index contributed by atoms with van der Waals surface area (Å²) in [5, 5.41) is 8.55. The van der Waals surface area contributed by atoms with Gasteiger partial charge in [-0.15, -0.1) is 11.3 Å². The van der Waals surface area contributed by atoms with Crippen molar-refractivity contribution in [2.24, 2.45) is 0 Å². The lowest BCUT2D eigenvalue weighted by atomic mass is 10.3. The van der Waals surface area contributed by atoms with Gasteiger partial charge in [0, 0.05) is 0 Å². The summed E-state index contributed by atoms with van der Waals surface area (Å²) >= 11 is 7.09. The second kappa shape index (κ2) is 4.04. The predicted molar refractivity (Wildman–Crippen MR) is 56.2 cm³/mol. The molecule has 0 spiro atoms. The number of oxazole rings is 1. The van der Waals surface area contributed by atoms with Crippen molar-refractivity contribution in [3.05, 3.63) is 28.4 Å². The highest BCUT2D eigenvalue weighted by molar-refractivity contribution is 7.19. The lowest BCUT2D eigenvalue weighted by Gasteiger charge is -1.86. The Bertz CT molecular complexity index is 491. The van der Waals surface area contributed by atoms with Crippen LogP contribution in [0.2, 0.25) is 4.34 Å². The quantitative estimate of drug-likeness (QED) is 0.900. The fourth-order valence-electron chi connectivity index (χ4n) is 1.09. The number of hydrogen-bond donors (Lipinski definition) is 1. The Morgan fingerprint density at radius 3 is 3.00 bits per heavy atom. The molecule has 0 aliphatic rings. The lowest BCUT2D eigenvalue weighted by molar-refractivity contribution is -0.136. The number of carboxylic acid groups (broad SMARTS) is 1. The van der Waals surface area contributed by atoms with Crippen LogP contribution in [0.1, 0.15) is 5.69 Å². The smallest absolute Gasteiger partial charge is 0.309 e. The molecule has 1 N–H and O–H groups in total. The first-order chi connectivity index (χ1) is 7.15. The molecule has 0 aliphatic carbocycles. The third-order valence-corrected chi connectivity index (χ3v) is 2.89. The van der Waals surface area contributed by atoms with Gasteiger partial charge < -0.3 is 9.52 Å². The number of thiophene rings is 1. The van der Waals surface area contributed by atoms with Gasteiger partial charge in [0.15, 0.2) is 0 Å². The predicted octanol–water partition coefficient (Wildman–Crippen LogP) is 2.68. The average Bonchev–Trinajstić information content (AvgIpc) is 2.72. The number of halogens is 1. The second-order valence-electron chi connectivity index (χ2n) is 2.82. The first-order valence-electron chi connectivity index (χ1n) is 4.07. The largest absolute Gasteiger partial charge is 0.481 e. The number of aromatic nitrogens is 1. The Labute approximate surface area is 94.1 Å². The Kier molecular flexibility index (Phi) is 2.75. The van der Waals surface area contributed by atoms with Crippen LogP contribution >= 0.6 is 22.9 Å². The zero-order valence-electron chi connectivity index (χ0n) is 7.44. The average molecular weight is 244 g/mol.